The van der Waals surface area contributed by atoms with Crippen LogP contribution in [0.5, 0.6) is 0 Å². The van der Waals surface area contributed by atoms with E-state index in [1.807, 2.05) is 55.9 Å². The molecule has 0 aliphatic carbocycles. The minimum Gasteiger partial charge on any atom is -0.309 e. The van der Waals surface area contributed by atoms with Crippen molar-refractivity contribution >= 4 is 42.3 Å². The number of aromatic nitrogens is 1. The SMILES string of the molecule is CN(C)CCc1cn(S(=O)(=O)c2ccc3ccccc3c2)c2sccc12. The van der Waals surface area contributed by atoms with Gasteiger partial charge in [0.25, 0.3) is 10.0 Å². The molecule has 0 saturated carbocycles. The maximum absolute atomic E-state index is 13.3. The van der Waals surface area contributed by atoms with Crippen LogP contribution in [0.4, 0.5) is 0 Å². The number of thiophene rings is 1. The maximum atomic E-state index is 13.3. The zero-order valence-electron chi connectivity index (χ0n) is 14.7. The van der Waals surface area contributed by atoms with Crippen molar-refractivity contribution in [3.8, 4) is 0 Å². The molecule has 0 spiro atoms. The first-order valence-electron chi connectivity index (χ1n) is 8.43. The minimum absolute atomic E-state index is 0.320. The molecule has 4 nitrogen and oxygen atoms in total. The van der Waals surface area contributed by atoms with Gasteiger partial charge >= 0.3 is 0 Å². The van der Waals surface area contributed by atoms with Crippen LogP contribution in [0.1, 0.15) is 5.56 Å². The first-order valence-corrected chi connectivity index (χ1v) is 10.8. The third kappa shape index (κ3) is 2.94. The summed E-state index contributed by atoms with van der Waals surface area (Å²) in [5, 5.41) is 4.94. The lowest BCUT2D eigenvalue weighted by Crippen LogP contribution is -2.15. The van der Waals surface area contributed by atoms with Gasteiger partial charge in [0.05, 0.1) is 4.90 Å². The van der Waals surface area contributed by atoms with Gasteiger partial charge in [-0.2, -0.15) is 0 Å². The van der Waals surface area contributed by atoms with Crippen LogP contribution in [0.15, 0.2) is 65.0 Å². The van der Waals surface area contributed by atoms with Crippen molar-refractivity contribution < 1.29 is 8.42 Å². The Kier molecular flexibility index (Phi) is 4.34. The quantitative estimate of drug-likeness (QED) is 0.518. The van der Waals surface area contributed by atoms with Crippen LogP contribution in [0.3, 0.4) is 0 Å². The molecule has 0 unspecified atom stereocenters. The van der Waals surface area contributed by atoms with Crippen LogP contribution in [-0.4, -0.2) is 37.9 Å². The zero-order chi connectivity index (χ0) is 18.3. The van der Waals surface area contributed by atoms with E-state index in [2.05, 4.69) is 4.90 Å². The highest BCUT2D eigenvalue weighted by atomic mass is 32.2. The Morgan fingerprint density at radius 1 is 1.04 bits per heavy atom. The molecule has 0 amide bonds. The topological polar surface area (TPSA) is 42.3 Å². The van der Waals surface area contributed by atoms with E-state index in [1.165, 1.54) is 15.3 Å². The maximum Gasteiger partial charge on any atom is 0.268 e. The fourth-order valence-electron chi connectivity index (χ4n) is 3.15. The van der Waals surface area contributed by atoms with Crippen LogP contribution in [0, 0.1) is 0 Å². The number of rotatable bonds is 5. The van der Waals surface area contributed by atoms with Crippen LogP contribution in [-0.2, 0) is 16.4 Å². The highest BCUT2D eigenvalue weighted by molar-refractivity contribution is 7.90. The van der Waals surface area contributed by atoms with Crippen LogP contribution in [0.2, 0.25) is 0 Å². The first kappa shape index (κ1) is 17.3. The lowest BCUT2D eigenvalue weighted by atomic mass is 10.1. The van der Waals surface area contributed by atoms with E-state index in [4.69, 9.17) is 0 Å². The number of fused-ring (bicyclic) bond motifs is 2. The molecule has 4 aromatic rings. The van der Waals surface area contributed by atoms with E-state index in [9.17, 15) is 8.42 Å². The van der Waals surface area contributed by atoms with Gasteiger partial charge in [-0.25, -0.2) is 12.4 Å². The summed E-state index contributed by atoms with van der Waals surface area (Å²) < 4.78 is 28.0. The number of hydrogen-bond acceptors (Lipinski definition) is 4. The summed E-state index contributed by atoms with van der Waals surface area (Å²) >= 11 is 1.46. The predicted octanol–water partition coefficient (Wildman–Crippen LogP) is 4.20. The van der Waals surface area contributed by atoms with Gasteiger partial charge in [0.15, 0.2) is 0 Å². The first-order chi connectivity index (χ1) is 12.5. The largest absolute Gasteiger partial charge is 0.309 e. The Hall–Kier alpha value is -2.15. The van der Waals surface area contributed by atoms with Crippen molar-refractivity contribution in [1.82, 2.24) is 8.87 Å². The molecule has 0 saturated heterocycles. The highest BCUT2D eigenvalue weighted by Gasteiger charge is 2.22. The van der Waals surface area contributed by atoms with Gasteiger partial charge in [-0.3, -0.25) is 0 Å². The molecule has 2 aromatic heterocycles. The Morgan fingerprint density at radius 2 is 1.81 bits per heavy atom. The van der Waals surface area contributed by atoms with Gasteiger partial charge in [0, 0.05) is 18.1 Å². The second-order valence-electron chi connectivity index (χ2n) is 6.66. The Bertz CT molecular complexity index is 1190. The van der Waals surface area contributed by atoms with E-state index >= 15 is 0 Å². The number of hydrogen-bond donors (Lipinski definition) is 0. The van der Waals surface area contributed by atoms with Gasteiger partial charge in [-0.15, -0.1) is 11.3 Å². The summed E-state index contributed by atoms with van der Waals surface area (Å²) in [6, 6.07) is 15.1. The van der Waals surface area contributed by atoms with Crippen molar-refractivity contribution in [2.24, 2.45) is 0 Å². The Labute approximate surface area is 157 Å². The molecule has 0 atom stereocenters. The average molecular weight is 385 g/mol. The normalized spacial score (nSPS) is 12.4. The minimum atomic E-state index is -3.63. The van der Waals surface area contributed by atoms with Crippen molar-refractivity contribution in [1.29, 1.82) is 0 Å². The van der Waals surface area contributed by atoms with Crippen LogP contribution < -0.4 is 0 Å². The second-order valence-corrected chi connectivity index (χ2v) is 9.37. The van der Waals surface area contributed by atoms with Crippen molar-refractivity contribution in [3.63, 3.8) is 0 Å². The summed E-state index contributed by atoms with van der Waals surface area (Å²) in [7, 11) is 0.412. The zero-order valence-corrected chi connectivity index (χ0v) is 16.3. The van der Waals surface area contributed by atoms with Gasteiger partial charge in [-0.05, 0) is 60.4 Å². The molecule has 0 bridgehead atoms. The molecule has 4 rings (SSSR count). The molecule has 6 heteroatoms. The molecule has 26 heavy (non-hydrogen) atoms. The fraction of sp³-hybridized carbons (Fsp3) is 0.200. The summed E-state index contributed by atoms with van der Waals surface area (Å²) in [5.74, 6) is 0. The molecule has 0 N–H and O–H groups in total. The number of benzene rings is 2. The lowest BCUT2D eigenvalue weighted by molar-refractivity contribution is 0.414. The van der Waals surface area contributed by atoms with Crippen LogP contribution in [0.25, 0.3) is 21.0 Å². The van der Waals surface area contributed by atoms with Gasteiger partial charge < -0.3 is 4.90 Å². The number of nitrogens with zero attached hydrogens (tertiary/aromatic N) is 2. The monoisotopic (exact) mass is 384 g/mol. The third-order valence-corrected chi connectivity index (χ3v) is 7.25. The molecular weight excluding hydrogens is 364 g/mol. The predicted molar refractivity (Wildman–Crippen MR) is 109 cm³/mol. The van der Waals surface area contributed by atoms with E-state index in [-0.39, 0.29) is 0 Å². The molecule has 2 aromatic carbocycles. The molecule has 134 valence electrons. The van der Waals surface area contributed by atoms with Crippen molar-refractivity contribution in [2.45, 2.75) is 11.3 Å². The Balaban J connectivity index is 1.83. The summed E-state index contributed by atoms with van der Waals surface area (Å²) in [6.45, 7) is 0.880. The Morgan fingerprint density at radius 3 is 2.58 bits per heavy atom. The fourth-order valence-corrected chi connectivity index (χ4v) is 5.71. The summed E-state index contributed by atoms with van der Waals surface area (Å²) in [4.78, 5) is 3.21. The molecular formula is C20H20N2O2S2. The summed E-state index contributed by atoms with van der Waals surface area (Å²) in [6.07, 6.45) is 2.61. The molecule has 2 heterocycles. The standard InChI is InChI=1S/C20H20N2O2S2/c1-21(2)11-9-17-14-22(20-19(17)10-12-25-20)26(23,24)18-8-7-15-5-3-4-6-16(15)13-18/h3-8,10,12-14H,9,11H2,1-2H3. The van der Waals surface area contributed by atoms with Crippen molar-refractivity contribution in [3.05, 3.63) is 65.7 Å². The van der Waals surface area contributed by atoms with Gasteiger partial charge in [-0.1, -0.05) is 30.3 Å². The highest BCUT2D eigenvalue weighted by Crippen LogP contribution is 2.31. The number of likely N-dealkylation sites (N-methyl/N-ethyl adjacent to an activating group) is 1. The molecule has 0 fully saturated rings. The third-order valence-electron chi connectivity index (χ3n) is 4.57. The van der Waals surface area contributed by atoms with Gasteiger partial charge in [0.2, 0.25) is 0 Å². The summed E-state index contributed by atoms with van der Waals surface area (Å²) in [5.41, 5.74) is 1.07. The van der Waals surface area contributed by atoms with E-state index in [1.54, 1.807) is 18.3 Å². The van der Waals surface area contributed by atoms with E-state index < -0.39 is 10.0 Å². The van der Waals surface area contributed by atoms with Crippen molar-refractivity contribution in [2.75, 3.05) is 20.6 Å². The molecule has 0 radical (unpaired) electrons. The molecule has 0 aliphatic heterocycles. The van der Waals surface area contributed by atoms with Crippen LogP contribution >= 0.6 is 11.3 Å². The lowest BCUT2D eigenvalue weighted by Gasteiger charge is -2.09. The smallest absolute Gasteiger partial charge is 0.268 e. The van der Waals surface area contributed by atoms with Gasteiger partial charge in [0.1, 0.15) is 4.83 Å². The van der Waals surface area contributed by atoms with E-state index in [0.29, 0.717) is 4.90 Å². The molecule has 0 aliphatic rings. The van der Waals surface area contributed by atoms with E-state index in [0.717, 1.165) is 39.5 Å². The second kappa shape index (κ2) is 6.54. The average Bonchev–Trinajstić information content (AvgIpc) is 3.22.